The molecule has 19 heavy (non-hydrogen) atoms. The minimum Gasteiger partial charge on any atom is -0.393 e. The third kappa shape index (κ3) is 4.12. The molecular weight excluding hydrogens is 250 g/mol. The van der Waals surface area contributed by atoms with E-state index in [1.54, 1.807) is 0 Å². The minimum atomic E-state index is -0.819. The molecule has 0 aromatic rings. The predicted molar refractivity (Wildman–Crippen MR) is 68.3 cm³/mol. The van der Waals surface area contributed by atoms with Crippen LogP contribution in [0, 0.1) is 16.0 Å². The van der Waals surface area contributed by atoms with Crippen LogP contribution in [0.15, 0.2) is 0 Å². The van der Waals surface area contributed by atoms with Crippen molar-refractivity contribution < 1.29 is 19.5 Å². The smallest absolute Gasteiger partial charge is 0.241 e. The van der Waals surface area contributed by atoms with Crippen LogP contribution in [0.5, 0.6) is 0 Å². The molecule has 4 unspecified atom stereocenters. The zero-order valence-electron chi connectivity index (χ0n) is 11.2. The second-order valence-electron chi connectivity index (χ2n) is 5.50. The highest BCUT2D eigenvalue weighted by atomic mass is 16.7. The summed E-state index contributed by atoms with van der Waals surface area (Å²) < 4.78 is 10.9. The van der Waals surface area contributed by atoms with E-state index in [-0.39, 0.29) is 23.7 Å². The molecule has 110 valence electrons. The molecule has 0 spiro atoms. The van der Waals surface area contributed by atoms with Gasteiger partial charge in [-0.25, -0.2) is 0 Å². The summed E-state index contributed by atoms with van der Waals surface area (Å²) in [6.45, 7) is 0.708. The largest absolute Gasteiger partial charge is 0.393 e. The first kappa shape index (κ1) is 14.7. The SMILES string of the molecule is O=[N+]([O-])C(COC1CCCCO1)C1CCCCC1O. The van der Waals surface area contributed by atoms with Crippen LogP contribution in [-0.2, 0) is 9.47 Å². The highest BCUT2D eigenvalue weighted by Crippen LogP contribution is 2.29. The van der Waals surface area contributed by atoms with Gasteiger partial charge in [-0.3, -0.25) is 10.1 Å². The molecule has 1 saturated heterocycles. The molecule has 1 saturated carbocycles. The lowest BCUT2D eigenvalue weighted by molar-refractivity contribution is -0.541. The second-order valence-corrected chi connectivity index (χ2v) is 5.50. The molecule has 0 bridgehead atoms. The van der Waals surface area contributed by atoms with E-state index in [9.17, 15) is 15.2 Å². The molecule has 1 aliphatic carbocycles. The van der Waals surface area contributed by atoms with Gasteiger partial charge in [0.15, 0.2) is 6.29 Å². The van der Waals surface area contributed by atoms with Crippen LogP contribution in [-0.4, -0.2) is 41.7 Å². The fraction of sp³-hybridized carbons (Fsp3) is 1.00. The zero-order valence-corrected chi connectivity index (χ0v) is 11.2. The number of hydrogen-bond acceptors (Lipinski definition) is 5. The van der Waals surface area contributed by atoms with E-state index >= 15 is 0 Å². The molecule has 6 heteroatoms. The third-order valence-corrected chi connectivity index (χ3v) is 4.14. The standard InChI is InChI=1S/C13H23NO5/c15-12-6-2-1-5-10(12)11(14(16)17)9-19-13-7-3-4-8-18-13/h10-13,15H,1-9H2. The Kier molecular flexibility index (Phi) is 5.54. The topological polar surface area (TPSA) is 81.8 Å². The van der Waals surface area contributed by atoms with Crippen molar-refractivity contribution in [3.05, 3.63) is 10.1 Å². The summed E-state index contributed by atoms with van der Waals surface area (Å²) in [5, 5.41) is 21.1. The van der Waals surface area contributed by atoms with Gasteiger partial charge in [0, 0.05) is 11.5 Å². The molecular formula is C13H23NO5. The lowest BCUT2D eigenvalue weighted by Gasteiger charge is -2.30. The van der Waals surface area contributed by atoms with Gasteiger partial charge in [-0.15, -0.1) is 0 Å². The van der Waals surface area contributed by atoms with Crippen molar-refractivity contribution in [2.24, 2.45) is 5.92 Å². The first-order chi connectivity index (χ1) is 9.18. The molecule has 1 aliphatic heterocycles. The lowest BCUT2D eigenvalue weighted by Crippen LogP contribution is -2.43. The molecule has 0 aromatic carbocycles. The molecule has 2 aliphatic rings. The van der Waals surface area contributed by atoms with E-state index in [2.05, 4.69) is 0 Å². The van der Waals surface area contributed by atoms with Crippen LogP contribution in [0.4, 0.5) is 0 Å². The average Bonchev–Trinajstić information content (AvgIpc) is 2.42. The maximum atomic E-state index is 11.2. The van der Waals surface area contributed by atoms with E-state index in [1.165, 1.54) is 0 Å². The number of hydrogen-bond donors (Lipinski definition) is 1. The summed E-state index contributed by atoms with van der Waals surface area (Å²) in [7, 11) is 0. The molecule has 1 heterocycles. The molecule has 4 atom stereocenters. The van der Waals surface area contributed by atoms with Crippen molar-refractivity contribution in [3.8, 4) is 0 Å². The molecule has 2 rings (SSSR count). The van der Waals surface area contributed by atoms with Gasteiger partial charge in [0.1, 0.15) is 6.61 Å². The number of aliphatic hydroxyl groups is 1. The normalized spacial score (nSPS) is 33.8. The quantitative estimate of drug-likeness (QED) is 0.609. The number of rotatable bonds is 5. The fourth-order valence-corrected chi connectivity index (χ4v) is 2.98. The Labute approximate surface area is 113 Å². The van der Waals surface area contributed by atoms with Gasteiger partial charge < -0.3 is 14.6 Å². The maximum absolute atomic E-state index is 11.2. The van der Waals surface area contributed by atoms with Crippen molar-refractivity contribution in [1.82, 2.24) is 0 Å². The summed E-state index contributed by atoms with van der Waals surface area (Å²) in [6, 6.07) is -0.819. The van der Waals surface area contributed by atoms with Crippen molar-refractivity contribution in [2.45, 2.75) is 63.4 Å². The van der Waals surface area contributed by atoms with E-state index in [4.69, 9.17) is 9.47 Å². The van der Waals surface area contributed by atoms with Gasteiger partial charge in [0.2, 0.25) is 6.04 Å². The van der Waals surface area contributed by atoms with Crippen LogP contribution in [0.1, 0.15) is 44.9 Å². The summed E-state index contributed by atoms with van der Waals surface area (Å²) in [5.41, 5.74) is 0. The Morgan fingerprint density at radius 3 is 2.63 bits per heavy atom. The highest BCUT2D eigenvalue weighted by Gasteiger charge is 2.38. The van der Waals surface area contributed by atoms with Crippen molar-refractivity contribution >= 4 is 0 Å². The Hall–Kier alpha value is -0.720. The Morgan fingerprint density at radius 2 is 2.00 bits per heavy atom. The number of ether oxygens (including phenoxy) is 2. The zero-order chi connectivity index (χ0) is 13.7. The number of nitrogens with zero attached hydrogens (tertiary/aromatic N) is 1. The lowest BCUT2D eigenvalue weighted by atomic mass is 9.82. The van der Waals surface area contributed by atoms with Gasteiger partial charge >= 0.3 is 0 Å². The molecule has 0 aromatic heterocycles. The van der Waals surface area contributed by atoms with Crippen molar-refractivity contribution in [1.29, 1.82) is 0 Å². The summed E-state index contributed by atoms with van der Waals surface area (Å²) in [4.78, 5) is 10.9. The monoisotopic (exact) mass is 273 g/mol. The Morgan fingerprint density at radius 1 is 1.26 bits per heavy atom. The van der Waals surface area contributed by atoms with Crippen LogP contribution in [0.25, 0.3) is 0 Å². The van der Waals surface area contributed by atoms with Crippen LogP contribution in [0.3, 0.4) is 0 Å². The van der Waals surface area contributed by atoms with Crippen LogP contribution >= 0.6 is 0 Å². The first-order valence-corrected chi connectivity index (χ1v) is 7.23. The summed E-state index contributed by atoms with van der Waals surface area (Å²) >= 11 is 0. The summed E-state index contributed by atoms with van der Waals surface area (Å²) in [6.07, 6.45) is 5.27. The fourth-order valence-electron chi connectivity index (χ4n) is 2.98. The highest BCUT2D eigenvalue weighted by molar-refractivity contribution is 4.80. The van der Waals surface area contributed by atoms with Gasteiger partial charge in [-0.05, 0) is 32.1 Å². The van der Waals surface area contributed by atoms with Gasteiger partial charge in [0.25, 0.3) is 0 Å². The Balaban J connectivity index is 1.86. The summed E-state index contributed by atoms with van der Waals surface area (Å²) in [5.74, 6) is -0.285. The molecule has 2 fully saturated rings. The number of aliphatic hydroxyl groups excluding tert-OH is 1. The predicted octanol–water partition coefficient (Wildman–Crippen LogP) is 1.73. The number of nitro groups is 1. The van der Waals surface area contributed by atoms with E-state index < -0.39 is 12.1 Å². The second kappa shape index (κ2) is 7.17. The maximum Gasteiger partial charge on any atom is 0.241 e. The molecule has 0 radical (unpaired) electrons. The van der Waals surface area contributed by atoms with Crippen molar-refractivity contribution in [3.63, 3.8) is 0 Å². The van der Waals surface area contributed by atoms with Gasteiger partial charge in [-0.1, -0.05) is 12.8 Å². The van der Waals surface area contributed by atoms with Crippen LogP contribution < -0.4 is 0 Å². The third-order valence-electron chi connectivity index (χ3n) is 4.14. The molecule has 0 amide bonds. The average molecular weight is 273 g/mol. The van der Waals surface area contributed by atoms with Crippen molar-refractivity contribution in [2.75, 3.05) is 13.2 Å². The van der Waals surface area contributed by atoms with E-state index in [0.717, 1.165) is 32.1 Å². The molecule has 6 nitrogen and oxygen atoms in total. The Bertz CT molecular complexity index is 293. The minimum absolute atomic E-state index is 0.0411. The van der Waals surface area contributed by atoms with E-state index in [1.807, 2.05) is 0 Å². The first-order valence-electron chi connectivity index (χ1n) is 7.23. The molecule has 1 N–H and O–H groups in total. The van der Waals surface area contributed by atoms with Crippen LogP contribution in [0.2, 0.25) is 0 Å². The van der Waals surface area contributed by atoms with Gasteiger partial charge in [-0.2, -0.15) is 0 Å². The van der Waals surface area contributed by atoms with E-state index in [0.29, 0.717) is 19.4 Å². The van der Waals surface area contributed by atoms with Gasteiger partial charge in [0.05, 0.1) is 12.0 Å².